The Morgan fingerprint density at radius 1 is 1.28 bits per heavy atom. The molecule has 0 bridgehead atoms. The molecule has 2 aromatic rings. The molecule has 7 nitrogen and oxygen atoms in total. The SMILES string of the molecule is COc1ccc(C(=O)NNC(=S)NC(=O)C=Cc2ccco2)cc1Br. The van der Waals surface area contributed by atoms with E-state index in [4.69, 9.17) is 21.4 Å². The van der Waals surface area contributed by atoms with Crippen LogP contribution in [0.2, 0.25) is 0 Å². The van der Waals surface area contributed by atoms with Gasteiger partial charge < -0.3 is 9.15 Å². The number of carbonyl (C=O) groups excluding carboxylic acids is 2. The van der Waals surface area contributed by atoms with Gasteiger partial charge in [0.15, 0.2) is 5.11 Å². The van der Waals surface area contributed by atoms with Crippen LogP contribution in [0, 0.1) is 0 Å². The van der Waals surface area contributed by atoms with E-state index in [0.717, 1.165) is 0 Å². The van der Waals surface area contributed by atoms with E-state index in [1.54, 1.807) is 30.3 Å². The van der Waals surface area contributed by atoms with Crippen LogP contribution in [0.25, 0.3) is 6.08 Å². The van der Waals surface area contributed by atoms with Crippen LogP contribution in [-0.2, 0) is 4.79 Å². The van der Waals surface area contributed by atoms with Gasteiger partial charge >= 0.3 is 0 Å². The zero-order chi connectivity index (χ0) is 18.2. The van der Waals surface area contributed by atoms with Gasteiger partial charge in [0, 0.05) is 11.6 Å². The summed E-state index contributed by atoms with van der Waals surface area (Å²) in [5.74, 6) is 0.254. The van der Waals surface area contributed by atoms with E-state index in [1.807, 2.05) is 0 Å². The molecular formula is C16H14BrN3O4S. The van der Waals surface area contributed by atoms with Crippen LogP contribution in [0.3, 0.4) is 0 Å². The lowest BCUT2D eigenvalue weighted by atomic mass is 10.2. The third-order valence-corrected chi connectivity index (χ3v) is 3.71. The number of thiocarbonyl (C=S) groups is 1. The molecule has 9 heteroatoms. The van der Waals surface area contributed by atoms with Crippen molar-refractivity contribution in [1.82, 2.24) is 16.2 Å². The molecule has 2 rings (SSSR count). The summed E-state index contributed by atoms with van der Waals surface area (Å²) in [5.41, 5.74) is 5.22. The van der Waals surface area contributed by atoms with Crippen molar-refractivity contribution in [2.24, 2.45) is 0 Å². The van der Waals surface area contributed by atoms with Crippen LogP contribution >= 0.6 is 28.1 Å². The molecule has 1 heterocycles. The normalized spacial score (nSPS) is 10.3. The maximum Gasteiger partial charge on any atom is 0.269 e. The van der Waals surface area contributed by atoms with E-state index in [-0.39, 0.29) is 5.11 Å². The van der Waals surface area contributed by atoms with Crippen molar-refractivity contribution in [1.29, 1.82) is 0 Å². The van der Waals surface area contributed by atoms with Gasteiger partial charge in [0.1, 0.15) is 11.5 Å². The highest BCUT2D eigenvalue weighted by Crippen LogP contribution is 2.25. The molecule has 0 saturated heterocycles. The van der Waals surface area contributed by atoms with Crippen LogP contribution in [0.5, 0.6) is 5.75 Å². The van der Waals surface area contributed by atoms with Crippen molar-refractivity contribution in [2.45, 2.75) is 0 Å². The van der Waals surface area contributed by atoms with Crippen molar-refractivity contribution in [2.75, 3.05) is 7.11 Å². The summed E-state index contributed by atoms with van der Waals surface area (Å²) >= 11 is 8.23. The molecule has 0 aliphatic carbocycles. The lowest BCUT2D eigenvalue weighted by Crippen LogP contribution is -2.48. The van der Waals surface area contributed by atoms with Gasteiger partial charge in [-0.3, -0.25) is 25.8 Å². The number of nitrogens with one attached hydrogen (secondary N) is 3. The fourth-order valence-electron chi connectivity index (χ4n) is 1.72. The summed E-state index contributed by atoms with van der Waals surface area (Å²) in [5, 5.41) is 2.34. The molecule has 0 aliphatic rings. The van der Waals surface area contributed by atoms with E-state index in [1.165, 1.54) is 25.5 Å². The smallest absolute Gasteiger partial charge is 0.269 e. The van der Waals surface area contributed by atoms with Crippen molar-refractivity contribution in [3.05, 3.63) is 58.5 Å². The number of hydrazine groups is 1. The maximum absolute atomic E-state index is 12.0. The van der Waals surface area contributed by atoms with Crippen LogP contribution in [0.4, 0.5) is 0 Å². The molecule has 0 unspecified atom stereocenters. The van der Waals surface area contributed by atoms with Crippen LogP contribution < -0.4 is 20.9 Å². The number of methoxy groups -OCH3 is 1. The first-order valence-corrected chi connectivity index (χ1v) is 8.16. The van der Waals surface area contributed by atoms with Gasteiger partial charge in [-0.15, -0.1) is 0 Å². The average Bonchev–Trinajstić information content (AvgIpc) is 3.11. The number of rotatable bonds is 4. The average molecular weight is 424 g/mol. The summed E-state index contributed by atoms with van der Waals surface area (Å²) in [7, 11) is 1.53. The minimum absolute atomic E-state index is 0.0463. The number of hydrogen-bond acceptors (Lipinski definition) is 5. The van der Waals surface area contributed by atoms with Crippen molar-refractivity contribution in [3.8, 4) is 5.75 Å². The standard InChI is InChI=1S/C16H14BrN3O4S/c1-23-13-6-4-10(9-12(13)17)15(22)19-20-16(25)18-14(21)7-5-11-3-2-8-24-11/h2-9H,1H3,(H,19,22)(H2,18,20,21,25). The number of benzene rings is 1. The highest BCUT2D eigenvalue weighted by Gasteiger charge is 2.09. The molecule has 130 valence electrons. The second kappa shape index (κ2) is 9.00. The Morgan fingerprint density at radius 3 is 2.72 bits per heavy atom. The number of hydrogen-bond donors (Lipinski definition) is 3. The largest absolute Gasteiger partial charge is 0.496 e. The molecule has 0 fully saturated rings. The van der Waals surface area contributed by atoms with E-state index in [9.17, 15) is 9.59 Å². The minimum atomic E-state index is -0.463. The first-order chi connectivity index (χ1) is 12.0. The second-order valence-corrected chi connectivity index (χ2v) is 5.86. The fourth-order valence-corrected chi connectivity index (χ4v) is 2.41. The van der Waals surface area contributed by atoms with E-state index in [0.29, 0.717) is 21.5 Å². The van der Waals surface area contributed by atoms with Gasteiger partial charge in [-0.1, -0.05) is 0 Å². The third kappa shape index (κ3) is 5.73. The first-order valence-electron chi connectivity index (χ1n) is 6.96. The summed E-state index contributed by atoms with van der Waals surface area (Å²) in [4.78, 5) is 23.7. The van der Waals surface area contributed by atoms with Gasteiger partial charge in [0.05, 0.1) is 17.8 Å². The van der Waals surface area contributed by atoms with Crippen molar-refractivity contribution < 1.29 is 18.7 Å². The number of carbonyl (C=O) groups is 2. The molecule has 25 heavy (non-hydrogen) atoms. The maximum atomic E-state index is 12.0. The molecule has 1 aromatic heterocycles. The van der Waals surface area contributed by atoms with E-state index < -0.39 is 11.8 Å². The number of ether oxygens (including phenoxy) is 1. The molecule has 0 aliphatic heterocycles. The summed E-state index contributed by atoms with van der Waals surface area (Å²) in [6.45, 7) is 0. The molecule has 2 amide bonds. The van der Waals surface area contributed by atoms with Gasteiger partial charge in [-0.25, -0.2) is 0 Å². The molecular weight excluding hydrogens is 410 g/mol. The van der Waals surface area contributed by atoms with E-state index in [2.05, 4.69) is 32.1 Å². The number of amides is 2. The highest BCUT2D eigenvalue weighted by atomic mass is 79.9. The van der Waals surface area contributed by atoms with Crippen LogP contribution in [-0.4, -0.2) is 24.0 Å². The Morgan fingerprint density at radius 2 is 2.08 bits per heavy atom. The quantitative estimate of drug-likeness (QED) is 0.397. The molecule has 0 spiro atoms. The van der Waals surface area contributed by atoms with Crippen LogP contribution in [0.15, 0.2) is 51.6 Å². The Hall–Kier alpha value is -2.65. The Kier molecular flexibility index (Phi) is 6.72. The molecule has 0 saturated carbocycles. The summed E-state index contributed by atoms with van der Waals surface area (Å²) in [6, 6.07) is 8.25. The molecule has 0 atom stereocenters. The topological polar surface area (TPSA) is 92.6 Å². The lowest BCUT2D eigenvalue weighted by Gasteiger charge is -2.10. The van der Waals surface area contributed by atoms with Gasteiger partial charge in [-0.2, -0.15) is 0 Å². The van der Waals surface area contributed by atoms with Gasteiger partial charge in [0.25, 0.3) is 5.91 Å². The Bertz CT molecular complexity index is 806. The summed E-state index contributed by atoms with van der Waals surface area (Å²) < 4.78 is 10.8. The molecule has 1 aromatic carbocycles. The zero-order valence-corrected chi connectivity index (χ0v) is 15.4. The van der Waals surface area contributed by atoms with Crippen molar-refractivity contribution >= 4 is 51.2 Å². The Labute approximate surface area is 157 Å². The van der Waals surface area contributed by atoms with Crippen LogP contribution in [0.1, 0.15) is 16.1 Å². The van der Waals surface area contributed by atoms with Crippen molar-refractivity contribution in [3.63, 3.8) is 0 Å². The predicted molar refractivity (Wildman–Crippen MR) is 99.8 cm³/mol. The highest BCUT2D eigenvalue weighted by molar-refractivity contribution is 9.10. The minimum Gasteiger partial charge on any atom is -0.496 e. The number of furan rings is 1. The lowest BCUT2D eigenvalue weighted by molar-refractivity contribution is -0.115. The monoisotopic (exact) mass is 423 g/mol. The molecule has 3 N–H and O–H groups in total. The predicted octanol–water partition coefficient (Wildman–Crippen LogP) is 2.40. The first kappa shape index (κ1) is 18.7. The number of halogens is 1. The Balaban J connectivity index is 1.82. The van der Waals surface area contributed by atoms with E-state index >= 15 is 0 Å². The second-order valence-electron chi connectivity index (χ2n) is 4.60. The zero-order valence-electron chi connectivity index (χ0n) is 13.0. The fraction of sp³-hybridized carbons (Fsp3) is 0.0625. The summed E-state index contributed by atoms with van der Waals surface area (Å²) in [6.07, 6.45) is 4.25. The third-order valence-electron chi connectivity index (χ3n) is 2.88. The van der Waals surface area contributed by atoms with Gasteiger partial charge in [-0.05, 0) is 64.6 Å². The molecule has 0 radical (unpaired) electrons. The van der Waals surface area contributed by atoms with Gasteiger partial charge in [0.2, 0.25) is 5.91 Å².